The van der Waals surface area contributed by atoms with E-state index < -0.39 is 6.03 Å². The van der Waals surface area contributed by atoms with E-state index in [0.717, 1.165) is 53.3 Å². The minimum absolute atomic E-state index is 0.0799. The molecule has 1 aromatic carbocycles. The van der Waals surface area contributed by atoms with Gasteiger partial charge < -0.3 is 5.32 Å². The maximum atomic E-state index is 12.3. The van der Waals surface area contributed by atoms with Crippen molar-refractivity contribution in [3.63, 3.8) is 0 Å². The molecule has 1 aliphatic heterocycles. The third kappa shape index (κ3) is 3.75. The summed E-state index contributed by atoms with van der Waals surface area (Å²) in [6, 6.07) is 5.42. The number of amides is 3. The molecule has 3 amide bonds. The highest BCUT2D eigenvalue weighted by molar-refractivity contribution is 8.14. The minimum atomic E-state index is -0.430. The number of rotatable bonds is 3. The number of hydrogen-bond acceptors (Lipinski definition) is 3. The second-order valence-corrected chi connectivity index (χ2v) is 7.21. The number of carbonyl (C=O) groups excluding carboxylic acids is 2. The van der Waals surface area contributed by atoms with Crippen LogP contribution in [0.15, 0.2) is 28.2 Å². The van der Waals surface area contributed by atoms with E-state index in [4.69, 9.17) is 0 Å². The van der Waals surface area contributed by atoms with Gasteiger partial charge in [-0.25, -0.2) is 9.79 Å². The summed E-state index contributed by atoms with van der Waals surface area (Å²) < 4.78 is 0. The molecular formula is C18H21N3O2S. The van der Waals surface area contributed by atoms with Crippen LogP contribution in [0.1, 0.15) is 36.8 Å². The predicted octanol–water partition coefficient (Wildman–Crippen LogP) is 4.14. The van der Waals surface area contributed by atoms with Crippen molar-refractivity contribution in [1.29, 1.82) is 0 Å². The van der Waals surface area contributed by atoms with Crippen LogP contribution in [0.25, 0.3) is 0 Å². The zero-order valence-electron chi connectivity index (χ0n) is 14.0. The molecule has 2 aliphatic rings. The number of aryl methyl sites for hydroxylation is 1. The smallest absolute Gasteiger partial charge is 0.325 e. The first-order valence-electron chi connectivity index (χ1n) is 8.23. The summed E-state index contributed by atoms with van der Waals surface area (Å²) in [6.45, 7) is 4.01. The highest BCUT2D eigenvalue weighted by Gasteiger charge is 2.30. The van der Waals surface area contributed by atoms with Crippen molar-refractivity contribution in [1.82, 2.24) is 0 Å². The number of nitrogens with one attached hydrogen (secondary N) is 1. The van der Waals surface area contributed by atoms with Crippen LogP contribution < -0.4 is 5.32 Å². The Balaban J connectivity index is 1.61. The number of aliphatic imine (C=N–C) groups is 2. The predicted molar refractivity (Wildman–Crippen MR) is 99.2 cm³/mol. The van der Waals surface area contributed by atoms with Crippen LogP contribution in [-0.4, -0.2) is 28.4 Å². The molecule has 6 heteroatoms. The number of fused-ring (bicyclic) bond motifs is 1. The Kier molecular flexibility index (Phi) is 5.14. The summed E-state index contributed by atoms with van der Waals surface area (Å²) in [6.07, 6.45) is 4.03. The molecule has 0 spiro atoms. The van der Waals surface area contributed by atoms with Gasteiger partial charge in [-0.15, -0.1) is 0 Å². The summed E-state index contributed by atoms with van der Waals surface area (Å²) in [7, 11) is 0. The van der Waals surface area contributed by atoms with Gasteiger partial charge in [0, 0.05) is 17.3 Å². The SMILES string of the molecule is Cc1cccc(NC(=O)CSC2=NC(=O)N=C3CCCCC32)c1C. The van der Waals surface area contributed by atoms with Gasteiger partial charge in [-0.1, -0.05) is 30.3 Å². The van der Waals surface area contributed by atoms with Gasteiger partial charge in [-0.05, 0) is 50.3 Å². The van der Waals surface area contributed by atoms with E-state index in [2.05, 4.69) is 15.3 Å². The molecule has 0 bridgehead atoms. The Morgan fingerprint density at radius 1 is 1.29 bits per heavy atom. The van der Waals surface area contributed by atoms with Gasteiger partial charge in [0.05, 0.1) is 10.8 Å². The van der Waals surface area contributed by atoms with Gasteiger partial charge in [0.1, 0.15) is 0 Å². The number of urea groups is 1. The molecule has 0 radical (unpaired) electrons. The van der Waals surface area contributed by atoms with Gasteiger partial charge >= 0.3 is 6.03 Å². The third-order valence-corrected chi connectivity index (χ3v) is 5.63. The van der Waals surface area contributed by atoms with Gasteiger partial charge in [0.25, 0.3) is 0 Å². The lowest BCUT2D eigenvalue weighted by atomic mass is 9.87. The third-order valence-electron chi connectivity index (χ3n) is 4.55. The summed E-state index contributed by atoms with van der Waals surface area (Å²) in [4.78, 5) is 32.0. The average Bonchev–Trinajstić information content (AvgIpc) is 2.56. The minimum Gasteiger partial charge on any atom is -0.325 e. The van der Waals surface area contributed by atoms with Gasteiger partial charge in [0.15, 0.2) is 0 Å². The van der Waals surface area contributed by atoms with Crippen LogP contribution in [0.4, 0.5) is 10.5 Å². The number of thioether (sulfide) groups is 1. The van der Waals surface area contributed by atoms with Gasteiger partial charge in [-0.3, -0.25) is 4.79 Å². The fourth-order valence-electron chi connectivity index (χ4n) is 3.06. The van der Waals surface area contributed by atoms with Crippen molar-refractivity contribution < 1.29 is 9.59 Å². The summed E-state index contributed by atoms with van der Waals surface area (Å²) in [5.74, 6) is 0.308. The maximum absolute atomic E-state index is 12.3. The van der Waals surface area contributed by atoms with Crippen molar-refractivity contribution in [2.75, 3.05) is 11.1 Å². The molecule has 0 saturated heterocycles. The lowest BCUT2D eigenvalue weighted by molar-refractivity contribution is -0.113. The highest BCUT2D eigenvalue weighted by Crippen LogP contribution is 2.30. The molecule has 1 N–H and O–H groups in total. The van der Waals surface area contributed by atoms with Crippen molar-refractivity contribution in [2.24, 2.45) is 15.9 Å². The van der Waals surface area contributed by atoms with Crippen LogP contribution in [0, 0.1) is 19.8 Å². The van der Waals surface area contributed by atoms with Crippen molar-refractivity contribution in [2.45, 2.75) is 39.5 Å². The highest BCUT2D eigenvalue weighted by atomic mass is 32.2. The molecule has 126 valence electrons. The van der Waals surface area contributed by atoms with Crippen molar-refractivity contribution in [3.05, 3.63) is 29.3 Å². The number of benzene rings is 1. The fourth-order valence-corrected chi connectivity index (χ4v) is 4.01. The van der Waals surface area contributed by atoms with E-state index in [1.54, 1.807) is 0 Å². The number of hydrogen-bond donors (Lipinski definition) is 1. The van der Waals surface area contributed by atoms with E-state index in [1.807, 2.05) is 32.0 Å². The number of nitrogens with zero attached hydrogens (tertiary/aromatic N) is 2. The summed E-state index contributed by atoms with van der Waals surface area (Å²) >= 11 is 1.36. The zero-order chi connectivity index (χ0) is 17.1. The second-order valence-electron chi connectivity index (χ2n) is 6.22. The van der Waals surface area contributed by atoms with Crippen molar-refractivity contribution >= 4 is 40.1 Å². The van der Waals surface area contributed by atoms with Crippen LogP contribution in [0.3, 0.4) is 0 Å². The molecular weight excluding hydrogens is 322 g/mol. The Labute approximate surface area is 146 Å². The largest absolute Gasteiger partial charge is 0.367 e. The Morgan fingerprint density at radius 2 is 2.12 bits per heavy atom. The number of anilines is 1. The Bertz CT molecular complexity index is 740. The van der Waals surface area contributed by atoms with Crippen LogP contribution >= 0.6 is 11.8 Å². The zero-order valence-corrected chi connectivity index (χ0v) is 14.8. The molecule has 1 atom stereocenters. The van der Waals surface area contributed by atoms with E-state index in [0.29, 0.717) is 0 Å². The molecule has 24 heavy (non-hydrogen) atoms. The molecule has 1 fully saturated rings. The van der Waals surface area contributed by atoms with E-state index in [-0.39, 0.29) is 17.6 Å². The van der Waals surface area contributed by atoms with E-state index in [1.165, 1.54) is 11.8 Å². The molecule has 0 aromatic heterocycles. The van der Waals surface area contributed by atoms with Crippen LogP contribution in [0.2, 0.25) is 0 Å². The van der Waals surface area contributed by atoms with Gasteiger partial charge in [0.2, 0.25) is 5.91 Å². The molecule has 3 rings (SSSR count). The first kappa shape index (κ1) is 16.9. The van der Waals surface area contributed by atoms with Crippen LogP contribution in [-0.2, 0) is 4.79 Å². The molecule has 5 nitrogen and oxygen atoms in total. The van der Waals surface area contributed by atoms with E-state index in [9.17, 15) is 9.59 Å². The van der Waals surface area contributed by atoms with Crippen LogP contribution in [0.5, 0.6) is 0 Å². The Hall–Kier alpha value is -1.95. The topological polar surface area (TPSA) is 70.9 Å². The molecule has 1 unspecified atom stereocenters. The lowest BCUT2D eigenvalue weighted by Crippen LogP contribution is -2.31. The summed E-state index contributed by atoms with van der Waals surface area (Å²) in [5, 5.41) is 3.69. The Morgan fingerprint density at radius 3 is 2.96 bits per heavy atom. The summed E-state index contributed by atoms with van der Waals surface area (Å²) in [5.41, 5.74) is 3.99. The van der Waals surface area contributed by atoms with Crippen molar-refractivity contribution in [3.8, 4) is 0 Å². The standard InChI is InChI=1S/C18H21N3O2S/c1-11-6-5-9-14(12(11)2)19-16(22)10-24-17-13-7-3-4-8-15(13)20-18(23)21-17/h5-6,9,13H,3-4,7-8,10H2,1-2H3,(H,19,22). The first-order valence-corrected chi connectivity index (χ1v) is 9.22. The van der Waals surface area contributed by atoms with Gasteiger partial charge in [-0.2, -0.15) is 4.99 Å². The normalized spacial score (nSPS) is 20.1. The second kappa shape index (κ2) is 7.30. The first-order chi connectivity index (χ1) is 11.5. The lowest BCUT2D eigenvalue weighted by Gasteiger charge is -2.26. The molecule has 1 heterocycles. The average molecular weight is 343 g/mol. The molecule has 1 saturated carbocycles. The van der Waals surface area contributed by atoms with E-state index >= 15 is 0 Å². The number of carbonyl (C=O) groups is 2. The molecule has 1 aromatic rings. The fraction of sp³-hybridized carbons (Fsp3) is 0.444. The monoisotopic (exact) mass is 343 g/mol. The quantitative estimate of drug-likeness (QED) is 0.896. The maximum Gasteiger partial charge on any atom is 0.367 e. The molecule has 1 aliphatic carbocycles.